The third kappa shape index (κ3) is 2.32. The third-order valence-corrected chi connectivity index (χ3v) is 6.61. The van der Waals surface area contributed by atoms with Crippen molar-refractivity contribution in [1.82, 2.24) is 15.1 Å². The van der Waals surface area contributed by atoms with Gasteiger partial charge in [-0.25, -0.2) is 0 Å². The summed E-state index contributed by atoms with van der Waals surface area (Å²) in [6, 6.07) is 1.80. The first-order valence-electron chi connectivity index (χ1n) is 9.09. The lowest BCUT2D eigenvalue weighted by molar-refractivity contribution is -0.0335. The van der Waals surface area contributed by atoms with Crippen molar-refractivity contribution in [2.45, 2.75) is 75.4 Å². The summed E-state index contributed by atoms with van der Waals surface area (Å²) in [5.41, 5.74) is 0.530. The van der Waals surface area contributed by atoms with Crippen LogP contribution < -0.4 is 5.32 Å². The van der Waals surface area contributed by atoms with Crippen molar-refractivity contribution in [1.29, 1.82) is 0 Å². The van der Waals surface area contributed by atoms with Crippen LogP contribution in [0.15, 0.2) is 0 Å². The maximum atomic E-state index is 3.71. The van der Waals surface area contributed by atoms with E-state index in [9.17, 15) is 0 Å². The van der Waals surface area contributed by atoms with Crippen LogP contribution in [0.25, 0.3) is 0 Å². The van der Waals surface area contributed by atoms with Gasteiger partial charge in [-0.15, -0.1) is 0 Å². The van der Waals surface area contributed by atoms with Crippen LogP contribution in [0.5, 0.6) is 0 Å². The van der Waals surface area contributed by atoms with Crippen LogP contribution in [-0.2, 0) is 0 Å². The van der Waals surface area contributed by atoms with Crippen LogP contribution >= 0.6 is 0 Å². The van der Waals surface area contributed by atoms with Crippen LogP contribution in [0.1, 0.15) is 57.8 Å². The van der Waals surface area contributed by atoms with Gasteiger partial charge in [0, 0.05) is 37.3 Å². The van der Waals surface area contributed by atoms with Crippen LogP contribution in [-0.4, -0.2) is 60.1 Å². The summed E-state index contributed by atoms with van der Waals surface area (Å²) in [6.45, 7) is 6.53. The Bertz CT molecular complexity index is 329. The molecule has 0 radical (unpaired) electrons. The molecule has 4 aliphatic rings. The number of nitrogens with zero attached hydrogens (tertiary/aromatic N) is 2. The monoisotopic (exact) mass is 277 g/mol. The zero-order chi connectivity index (χ0) is 13.4. The molecule has 3 saturated heterocycles. The summed E-state index contributed by atoms with van der Waals surface area (Å²) in [7, 11) is 0. The highest BCUT2D eigenvalue weighted by Crippen LogP contribution is 2.39. The fraction of sp³-hybridized carbons (Fsp3) is 1.00. The largest absolute Gasteiger partial charge is 0.314 e. The van der Waals surface area contributed by atoms with Crippen molar-refractivity contribution in [2.24, 2.45) is 0 Å². The van der Waals surface area contributed by atoms with Crippen LogP contribution in [0.3, 0.4) is 0 Å². The van der Waals surface area contributed by atoms with Gasteiger partial charge in [-0.2, -0.15) is 0 Å². The first-order valence-corrected chi connectivity index (χ1v) is 9.09. The quantitative estimate of drug-likeness (QED) is 0.793. The van der Waals surface area contributed by atoms with Gasteiger partial charge in [-0.3, -0.25) is 4.90 Å². The number of hydrogen-bond donors (Lipinski definition) is 1. The standard InChI is InChI=1S/C17H31N3/c1-2-7-17(8-3-1)14-18-9-12-20(17)16-6-11-19-10-4-5-15(19)13-16/h15-16,18H,1-14H2. The Balaban J connectivity index is 1.50. The van der Waals surface area contributed by atoms with Gasteiger partial charge in [0.1, 0.15) is 0 Å². The lowest BCUT2D eigenvalue weighted by Crippen LogP contribution is -2.66. The molecule has 0 aromatic heterocycles. The fourth-order valence-electron chi connectivity index (χ4n) is 5.59. The van der Waals surface area contributed by atoms with Crippen LogP contribution in [0, 0.1) is 0 Å². The van der Waals surface area contributed by atoms with Gasteiger partial charge in [0.2, 0.25) is 0 Å². The fourth-order valence-corrected chi connectivity index (χ4v) is 5.59. The Morgan fingerprint density at radius 2 is 1.75 bits per heavy atom. The molecule has 20 heavy (non-hydrogen) atoms. The molecule has 0 amide bonds. The Morgan fingerprint density at radius 1 is 0.850 bits per heavy atom. The van der Waals surface area contributed by atoms with Gasteiger partial charge in [0.05, 0.1) is 0 Å². The van der Waals surface area contributed by atoms with E-state index in [2.05, 4.69) is 15.1 Å². The van der Waals surface area contributed by atoms with Gasteiger partial charge < -0.3 is 10.2 Å². The zero-order valence-corrected chi connectivity index (χ0v) is 12.9. The molecule has 1 spiro atoms. The molecule has 3 heteroatoms. The SMILES string of the molecule is C1CCC2(CC1)CNCCN2C1CCN2CCCC2C1. The van der Waals surface area contributed by atoms with Crippen molar-refractivity contribution in [3.8, 4) is 0 Å². The summed E-state index contributed by atoms with van der Waals surface area (Å²) < 4.78 is 0. The molecule has 3 nitrogen and oxygen atoms in total. The second-order valence-corrected chi connectivity index (χ2v) is 7.67. The molecule has 1 N–H and O–H groups in total. The molecule has 1 saturated carbocycles. The highest BCUT2D eigenvalue weighted by atomic mass is 15.3. The first kappa shape index (κ1) is 13.5. The predicted molar refractivity (Wildman–Crippen MR) is 83.0 cm³/mol. The summed E-state index contributed by atoms with van der Waals surface area (Å²) in [4.78, 5) is 5.75. The van der Waals surface area contributed by atoms with E-state index in [1.54, 1.807) is 0 Å². The van der Waals surface area contributed by atoms with E-state index < -0.39 is 0 Å². The minimum absolute atomic E-state index is 0.530. The van der Waals surface area contributed by atoms with Crippen molar-refractivity contribution in [3.63, 3.8) is 0 Å². The van der Waals surface area contributed by atoms with Crippen LogP contribution in [0.4, 0.5) is 0 Å². The average Bonchev–Trinajstić information content (AvgIpc) is 2.96. The van der Waals surface area contributed by atoms with E-state index in [0.717, 1.165) is 12.1 Å². The number of nitrogens with one attached hydrogen (secondary N) is 1. The molecule has 0 bridgehead atoms. The molecule has 114 valence electrons. The maximum Gasteiger partial charge on any atom is 0.0337 e. The van der Waals surface area contributed by atoms with E-state index in [1.165, 1.54) is 90.5 Å². The molecule has 4 rings (SSSR count). The highest BCUT2D eigenvalue weighted by molar-refractivity contribution is 5.02. The molecular formula is C17H31N3. The normalized spacial score (nSPS) is 39.0. The van der Waals surface area contributed by atoms with E-state index in [1.807, 2.05) is 0 Å². The smallest absolute Gasteiger partial charge is 0.0337 e. The zero-order valence-electron chi connectivity index (χ0n) is 12.9. The summed E-state index contributed by atoms with van der Waals surface area (Å²) in [5.74, 6) is 0. The van der Waals surface area contributed by atoms with Crippen molar-refractivity contribution >= 4 is 0 Å². The van der Waals surface area contributed by atoms with Crippen molar-refractivity contribution < 1.29 is 0 Å². The van der Waals surface area contributed by atoms with E-state index >= 15 is 0 Å². The number of piperazine rings is 1. The van der Waals surface area contributed by atoms with E-state index in [-0.39, 0.29) is 0 Å². The van der Waals surface area contributed by atoms with Crippen LogP contribution in [0.2, 0.25) is 0 Å². The van der Waals surface area contributed by atoms with Gasteiger partial charge in [-0.05, 0) is 51.6 Å². The minimum Gasteiger partial charge on any atom is -0.314 e. The van der Waals surface area contributed by atoms with Crippen molar-refractivity contribution in [2.75, 3.05) is 32.7 Å². The maximum absolute atomic E-state index is 3.71. The Kier molecular flexibility index (Phi) is 3.78. The molecule has 3 heterocycles. The summed E-state index contributed by atoms with van der Waals surface area (Å²) in [5, 5.41) is 3.71. The second-order valence-electron chi connectivity index (χ2n) is 7.67. The summed E-state index contributed by atoms with van der Waals surface area (Å²) in [6.07, 6.45) is 13.1. The molecular weight excluding hydrogens is 246 g/mol. The molecule has 2 unspecified atom stereocenters. The topological polar surface area (TPSA) is 18.5 Å². The molecule has 0 aromatic rings. The number of hydrogen-bond acceptors (Lipinski definition) is 3. The van der Waals surface area contributed by atoms with Gasteiger partial charge in [-0.1, -0.05) is 19.3 Å². The summed E-state index contributed by atoms with van der Waals surface area (Å²) >= 11 is 0. The molecule has 2 atom stereocenters. The third-order valence-electron chi connectivity index (χ3n) is 6.61. The Hall–Kier alpha value is -0.120. The molecule has 1 aliphatic carbocycles. The van der Waals surface area contributed by atoms with E-state index in [4.69, 9.17) is 0 Å². The predicted octanol–water partition coefficient (Wildman–Crippen LogP) is 2.22. The number of piperidine rings is 1. The second kappa shape index (κ2) is 5.58. The first-order chi connectivity index (χ1) is 9.87. The molecule has 4 fully saturated rings. The van der Waals surface area contributed by atoms with Gasteiger partial charge >= 0.3 is 0 Å². The number of fused-ring (bicyclic) bond motifs is 1. The number of rotatable bonds is 1. The van der Waals surface area contributed by atoms with Gasteiger partial charge in [0.15, 0.2) is 0 Å². The minimum atomic E-state index is 0.530. The lowest BCUT2D eigenvalue weighted by Gasteiger charge is -2.55. The highest BCUT2D eigenvalue weighted by Gasteiger charge is 2.45. The average molecular weight is 277 g/mol. The Labute approximate surface area is 124 Å². The van der Waals surface area contributed by atoms with Gasteiger partial charge in [0.25, 0.3) is 0 Å². The van der Waals surface area contributed by atoms with E-state index in [0.29, 0.717) is 5.54 Å². The molecule has 3 aliphatic heterocycles. The van der Waals surface area contributed by atoms with Crippen molar-refractivity contribution in [3.05, 3.63) is 0 Å². The lowest BCUT2D eigenvalue weighted by atomic mass is 9.77. The molecule has 0 aromatic carbocycles. The Morgan fingerprint density at radius 3 is 2.65 bits per heavy atom.